The summed E-state index contributed by atoms with van der Waals surface area (Å²) in [7, 11) is 0. The van der Waals surface area contributed by atoms with E-state index in [0.717, 1.165) is 22.8 Å². The summed E-state index contributed by atoms with van der Waals surface area (Å²) < 4.78 is 0. The van der Waals surface area contributed by atoms with E-state index in [1.807, 2.05) is 29.3 Å². The normalized spacial score (nSPS) is 13.3. The molecule has 102 valence electrons. The lowest BCUT2D eigenvalue weighted by Crippen LogP contribution is -2.30. The topological polar surface area (TPSA) is 75.0 Å². The number of primary amides is 1. The highest BCUT2D eigenvalue weighted by molar-refractivity contribution is 5.76. The second-order valence-electron chi connectivity index (χ2n) is 5.00. The van der Waals surface area contributed by atoms with Crippen LogP contribution in [0.3, 0.4) is 0 Å². The van der Waals surface area contributed by atoms with E-state index in [1.54, 1.807) is 0 Å². The predicted octanol–water partition coefficient (Wildman–Crippen LogP) is 1.66. The minimum Gasteiger partial charge on any atom is -0.368 e. The first kappa shape index (κ1) is 12.5. The number of aryl methyl sites for hydroxylation is 1. The van der Waals surface area contributed by atoms with Gasteiger partial charge in [0.15, 0.2) is 0 Å². The fraction of sp³-hybridized carbons (Fsp3) is 0.200. The summed E-state index contributed by atoms with van der Waals surface area (Å²) in [6.45, 7) is 2.86. The zero-order valence-electron chi connectivity index (χ0n) is 11.3. The molecule has 1 aliphatic rings. The average Bonchev–Trinajstić information content (AvgIpc) is 2.81. The largest absolute Gasteiger partial charge is 0.368 e. The number of hydrogen-bond donors (Lipinski definition) is 2. The van der Waals surface area contributed by atoms with Crippen LogP contribution in [0.2, 0.25) is 0 Å². The Kier molecular flexibility index (Phi) is 3.02. The molecule has 3 N–H and O–H groups in total. The fourth-order valence-electron chi connectivity index (χ4n) is 2.26. The van der Waals surface area contributed by atoms with Crippen molar-refractivity contribution >= 4 is 12.0 Å². The Morgan fingerprint density at radius 1 is 1.40 bits per heavy atom. The highest BCUT2D eigenvalue weighted by atomic mass is 16.1. The van der Waals surface area contributed by atoms with Crippen LogP contribution in [-0.2, 0) is 11.3 Å². The molecule has 1 amide bonds. The predicted molar refractivity (Wildman–Crippen MR) is 77.4 cm³/mol. The van der Waals surface area contributed by atoms with E-state index >= 15 is 0 Å². The number of benzene rings is 1. The van der Waals surface area contributed by atoms with Crippen LogP contribution in [0.15, 0.2) is 30.5 Å². The van der Waals surface area contributed by atoms with E-state index in [9.17, 15) is 4.79 Å². The maximum absolute atomic E-state index is 11.0. The van der Waals surface area contributed by atoms with Crippen molar-refractivity contribution in [1.29, 1.82) is 0 Å². The second-order valence-corrected chi connectivity index (χ2v) is 5.00. The Morgan fingerprint density at radius 3 is 2.85 bits per heavy atom. The number of H-pyrrole nitrogens is 1. The van der Waals surface area contributed by atoms with Gasteiger partial charge >= 0.3 is 0 Å². The zero-order chi connectivity index (χ0) is 14.1. The molecule has 5 heteroatoms. The van der Waals surface area contributed by atoms with Crippen molar-refractivity contribution in [3.8, 4) is 11.4 Å². The van der Waals surface area contributed by atoms with E-state index in [2.05, 4.69) is 29.0 Å². The maximum Gasteiger partial charge on any atom is 0.236 e. The van der Waals surface area contributed by atoms with Crippen LogP contribution in [0.4, 0.5) is 0 Å². The number of nitrogens with two attached hydrogens (primary N) is 1. The number of nitrogens with zero attached hydrogens (tertiary/aromatic N) is 2. The molecule has 0 bridgehead atoms. The third-order valence-electron chi connectivity index (χ3n) is 3.30. The van der Waals surface area contributed by atoms with Gasteiger partial charge in [0.05, 0.1) is 24.5 Å². The van der Waals surface area contributed by atoms with Gasteiger partial charge < -0.3 is 15.6 Å². The van der Waals surface area contributed by atoms with Crippen LogP contribution >= 0.6 is 0 Å². The minimum atomic E-state index is -0.340. The minimum absolute atomic E-state index is 0.211. The van der Waals surface area contributed by atoms with Gasteiger partial charge in [-0.3, -0.25) is 4.79 Å². The van der Waals surface area contributed by atoms with Gasteiger partial charge in [-0.2, -0.15) is 0 Å². The van der Waals surface area contributed by atoms with Crippen LogP contribution in [0.5, 0.6) is 0 Å². The number of carbonyl (C=O) groups is 1. The van der Waals surface area contributed by atoms with Crippen LogP contribution in [0.25, 0.3) is 17.5 Å². The number of fused-ring (bicyclic) bond motifs is 1. The van der Waals surface area contributed by atoms with Gasteiger partial charge in [0, 0.05) is 11.8 Å². The van der Waals surface area contributed by atoms with Crippen LogP contribution in [0, 0.1) is 6.92 Å². The van der Waals surface area contributed by atoms with E-state index in [0.29, 0.717) is 6.54 Å². The number of rotatable bonds is 3. The number of nitrogens with one attached hydrogen (secondary N) is 1. The zero-order valence-corrected chi connectivity index (χ0v) is 11.3. The van der Waals surface area contributed by atoms with E-state index in [1.165, 1.54) is 5.56 Å². The number of amides is 1. The molecule has 0 atom stereocenters. The van der Waals surface area contributed by atoms with Crippen LogP contribution in [0.1, 0.15) is 17.0 Å². The van der Waals surface area contributed by atoms with Crippen LogP contribution in [-0.4, -0.2) is 27.3 Å². The number of aromatic amines is 1. The smallest absolute Gasteiger partial charge is 0.236 e. The molecular formula is C15H16N4O. The lowest BCUT2D eigenvalue weighted by Gasteiger charge is -2.20. The van der Waals surface area contributed by atoms with Gasteiger partial charge in [0.2, 0.25) is 5.91 Å². The molecule has 3 rings (SSSR count). The fourth-order valence-corrected chi connectivity index (χ4v) is 2.26. The molecule has 0 radical (unpaired) electrons. The third-order valence-corrected chi connectivity index (χ3v) is 3.30. The second kappa shape index (κ2) is 4.85. The maximum atomic E-state index is 11.0. The van der Waals surface area contributed by atoms with Gasteiger partial charge in [0.25, 0.3) is 0 Å². The van der Waals surface area contributed by atoms with Crippen molar-refractivity contribution in [3.05, 3.63) is 47.4 Å². The van der Waals surface area contributed by atoms with Crippen molar-refractivity contribution in [2.75, 3.05) is 6.54 Å². The summed E-state index contributed by atoms with van der Waals surface area (Å²) >= 11 is 0. The molecule has 5 nitrogen and oxygen atoms in total. The van der Waals surface area contributed by atoms with E-state index < -0.39 is 0 Å². The SMILES string of the molecule is Cc1ccc(-c2nc3c([nH]2)C=CN(CC(N)=O)C3)cc1. The van der Waals surface area contributed by atoms with Crippen molar-refractivity contribution in [1.82, 2.24) is 14.9 Å². The van der Waals surface area contributed by atoms with E-state index in [-0.39, 0.29) is 12.5 Å². The van der Waals surface area contributed by atoms with E-state index in [4.69, 9.17) is 5.73 Å². The summed E-state index contributed by atoms with van der Waals surface area (Å²) in [5.74, 6) is 0.507. The summed E-state index contributed by atoms with van der Waals surface area (Å²) in [6, 6.07) is 8.22. The summed E-state index contributed by atoms with van der Waals surface area (Å²) in [5.41, 5.74) is 9.41. The molecule has 1 aliphatic heterocycles. The summed E-state index contributed by atoms with van der Waals surface area (Å²) in [6.07, 6.45) is 3.79. The van der Waals surface area contributed by atoms with Crippen molar-refractivity contribution in [2.45, 2.75) is 13.5 Å². The first-order chi connectivity index (χ1) is 9.61. The van der Waals surface area contributed by atoms with Crippen molar-refractivity contribution in [2.24, 2.45) is 5.73 Å². The number of imidazole rings is 1. The molecular weight excluding hydrogens is 252 g/mol. The number of aromatic nitrogens is 2. The van der Waals surface area contributed by atoms with Gasteiger partial charge in [0.1, 0.15) is 5.82 Å². The van der Waals surface area contributed by atoms with Crippen molar-refractivity contribution in [3.63, 3.8) is 0 Å². The summed E-state index contributed by atoms with van der Waals surface area (Å²) in [5, 5.41) is 0. The molecule has 0 saturated carbocycles. The highest BCUT2D eigenvalue weighted by Gasteiger charge is 2.17. The lowest BCUT2D eigenvalue weighted by atomic mass is 10.1. The molecule has 0 fully saturated rings. The molecule has 0 unspecified atom stereocenters. The Morgan fingerprint density at radius 2 is 2.15 bits per heavy atom. The van der Waals surface area contributed by atoms with Crippen LogP contribution < -0.4 is 5.73 Å². The molecule has 2 aromatic rings. The van der Waals surface area contributed by atoms with Gasteiger partial charge in [-0.1, -0.05) is 29.8 Å². The van der Waals surface area contributed by atoms with Gasteiger partial charge in [-0.05, 0) is 13.0 Å². The highest BCUT2D eigenvalue weighted by Crippen LogP contribution is 2.23. The first-order valence-electron chi connectivity index (χ1n) is 6.48. The Bertz CT molecular complexity index is 670. The average molecular weight is 268 g/mol. The monoisotopic (exact) mass is 268 g/mol. The Hall–Kier alpha value is -2.56. The van der Waals surface area contributed by atoms with Gasteiger partial charge in [-0.25, -0.2) is 4.98 Å². The number of hydrogen-bond acceptors (Lipinski definition) is 3. The van der Waals surface area contributed by atoms with Gasteiger partial charge in [-0.15, -0.1) is 0 Å². The first-order valence-corrected chi connectivity index (χ1v) is 6.48. The quantitative estimate of drug-likeness (QED) is 0.889. The number of carbonyl (C=O) groups excluding carboxylic acids is 1. The molecule has 2 heterocycles. The Balaban J connectivity index is 1.86. The summed E-state index contributed by atoms with van der Waals surface area (Å²) in [4.78, 5) is 20.7. The lowest BCUT2D eigenvalue weighted by molar-refractivity contribution is -0.118. The Labute approximate surface area is 117 Å². The third kappa shape index (κ3) is 2.42. The molecule has 1 aromatic heterocycles. The molecule has 0 saturated heterocycles. The molecule has 20 heavy (non-hydrogen) atoms. The standard InChI is InChI=1S/C15H16N4O/c1-10-2-4-11(5-3-10)15-17-12-6-7-19(9-14(16)20)8-13(12)18-15/h2-7H,8-9H2,1H3,(H2,16,20)(H,17,18). The molecule has 0 spiro atoms. The molecule has 0 aliphatic carbocycles. The molecule has 1 aromatic carbocycles. The van der Waals surface area contributed by atoms with Crippen molar-refractivity contribution < 1.29 is 4.79 Å².